The first-order valence-corrected chi connectivity index (χ1v) is 7.83. The molecule has 0 amide bonds. The number of nitrogens with one attached hydrogen (secondary N) is 1. The number of pyridine rings is 1. The Labute approximate surface area is 114 Å². The van der Waals surface area contributed by atoms with Crippen LogP contribution in [0.2, 0.25) is 0 Å². The maximum Gasteiger partial charge on any atom is 0.261 e. The monoisotopic (exact) mass is 301 g/mol. The van der Waals surface area contributed by atoms with E-state index in [0.717, 1.165) is 0 Å². The number of hydrogen-bond donors (Lipinski definition) is 1. The Morgan fingerprint density at radius 2 is 2.05 bits per heavy atom. The number of halogens is 1. The van der Waals surface area contributed by atoms with Crippen molar-refractivity contribution >= 4 is 30.5 Å². The molecule has 19 heavy (non-hydrogen) atoms. The smallest absolute Gasteiger partial charge is 0.261 e. The Hall–Kier alpha value is -1.37. The molecule has 2 rings (SSSR count). The van der Waals surface area contributed by atoms with Crippen LogP contribution in [0.5, 0.6) is 0 Å². The number of fused-ring (bicyclic) bond motifs is 1. The van der Waals surface area contributed by atoms with E-state index in [1.807, 2.05) is 0 Å². The van der Waals surface area contributed by atoms with Gasteiger partial charge in [-0.3, -0.25) is 4.79 Å². The van der Waals surface area contributed by atoms with Crippen molar-refractivity contribution in [1.82, 2.24) is 4.98 Å². The van der Waals surface area contributed by atoms with Crippen LogP contribution >= 0.6 is 10.7 Å². The molecule has 102 valence electrons. The summed E-state index contributed by atoms with van der Waals surface area (Å²) in [7, 11) is 3.04. The van der Waals surface area contributed by atoms with E-state index in [1.165, 1.54) is 12.1 Å². The molecule has 0 aliphatic heterocycles. The average molecular weight is 302 g/mol. The van der Waals surface area contributed by atoms with Gasteiger partial charge in [0.15, 0.2) is 0 Å². The SMILES string of the molecule is COCCc1cc2c(S(=O)(=O)Cl)cccc2c(=O)[nH]1. The molecule has 1 N–H and O–H groups in total. The molecule has 0 fully saturated rings. The number of aromatic nitrogens is 1. The van der Waals surface area contributed by atoms with Gasteiger partial charge in [0, 0.05) is 40.7 Å². The molecule has 2 aromatic rings. The molecule has 5 nitrogen and oxygen atoms in total. The molecule has 0 saturated carbocycles. The minimum absolute atomic E-state index is 0.0589. The fourth-order valence-corrected chi connectivity index (χ4v) is 2.95. The zero-order valence-electron chi connectivity index (χ0n) is 10.1. The minimum Gasteiger partial charge on any atom is -0.384 e. The van der Waals surface area contributed by atoms with Crippen LogP contribution in [-0.2, 0) is 20.2 Å². The van der Waals surface area contributed by atoms with Gasteiger partial charge in [0.25, 0.3) is 14.6 Å². The van der Waals surface area contributed by atoms with Crippen LogP contribution in [-0.4, -0.2) is 27.1 Å². The quantitative estimate of drug-likeness (QED) is 0.871. The van der Waals surface area contributed by atoms with E-state index in [9.17, 15) is 13.2 Å². The van der Waals surface area contributed by atoms with Gasteiger partial charge in [0.2, 0.25) is 0 Å². The number of H-pyrrole nitrogens is 1. The number of ether oxygens (including phenoxy) is 1. The van der Waals surface area contributed by atoms with Crippen molar-refractivity contribution in [2.75, 3.05) is 13.7 Å². The van der Waals surface area contributed by atoms with Gasteiger partial charge in [-0.25, -0.2) is 8.42 Å². The number of methoxy groups -OCH3 is 1. The maximum atomic E-state index is 11.9. The summed E-state index contributed by atoms with van der Waals surface area (Å²) in [5.74, 6) is 0. The van der Waals surface area contributed by atoms with Crippen LogP contribution in [0.25, 0.3) is 10.8 Å². The second kappa shape index (κ2) is 5.32. The van der Waals surface area contributed by atoms with E-state index in [-0.39, 0.29) is 10.5 Å². The van der Waals surface area contributed by atoms with Crippen LogP contribution in [0.1, 0.15) is 5.69 Å². The van der Waals surface area contributed by atoms with Crippen molar-refractivity contribution in [3.05, 3.63) is 40.3 Å². The highest BCUT2D eigenvalue weighted by Gasteiger charge is 2.15. The molecule has 0 saturated heterocycles. The molecule has 0 spiro atoms. The Bertz CT molecular complexity index is 767. The summed E-state index contributed by atoms with van der Waals surface area (Å²) in [6, 6.07) is 6.04. The molecule has 0 atom stereocenters. The summed E-state index contributed by atoms with van der Waals surface area (Å²) >= 11 is 0. The number of aromatic amines is 1. The van der Waals surface area contributed by atoms with Crippen molar-refractivity contribution in [1.29, 1.82) is 0 Å². The van der Waals surface area contributed by atoms with Crippen molar-refractivity contribution in [3.8, 4) is 0 Å². The molecule has 0 aliphatic rings. The molecule has 1 heterocycles. The first-order valence-electron chi connectivity index (χ1n) is 5.52. The van der Waals surface area contributed by atoms with Crippen molar-refractivity contribution in [3.63, 3.8) is 0 Å². The predicted octanol–water partition coefficient (Wildman–Crippen LogP) is 1.64. The van der Waals surface area contributed by atoms with Gasteiger partial charge in [0.1, 0.15) is 0 Å². The van der Waals surface area contributed by atoms with Gasteiger partial charge in [-0.05, 0) is 18.2 Å². The first kappa shape index (κ1) is 14.0. The van der Waals surface area contributed by atoms with Gasteiger partial charge < -0.3 is 9.72 Å². The Morgan fingerprint density at radius 3 is 2.68 bits per heavy atom. The lowest BCUT2D eigenvalue weighted by Gasteiger charge is -2.06. The second-order valence-electron chi connectivity index (χ2n) is 4.02. The molecule has 0 radical (unpaired) electrons. The van der Waals surface area contributed by atoms with Crippen LogP contribution in [0, 0.1) is 0 Å². The number of benzene rings is 1. The number of rotatable bonds is 4. The van der Waals surface area contributed by atoms with E-state index in [4.69, 9.17) is 15.4 Å². The van der Waals surface area contributed by atoms with Gasteiger partial charge >= 0.3 is 0 Å². The van der Waals surface area contributed by atoms with Crippen LogP contribution in [0.15, 0.2) is 34.0 Å². The van der Waals surface area contributed by atoms with Gasteiger partial charge in [0.05, 0.1) is 11.5 Å². The van der Waals surface area contributed by atoms with Crippen LogP contribution in [0.3, 0.4) is 0 Å². The van der Waals surface area contributed by atoms with E-state index in [0.29, 0.717) is 29.5 Å². The average Bonchev–Trinajstić information content (AvgIpc) is 2.34. The molecule has 1 aromatic carbocycles. The fourth-order valence-electron chi connectivity index (χ4n) is 1.87. The zero-order chi connectivity index (χ0) is 14.0. The lowest BCUT2D eigenvalue weighted by Crippen LogP contribution is -2.11. The highest BCUT2D eigenvalue weighted by Crippen LogP contribution is 2.24. The van der Waals surface area contributed by atoms with E-state index >= 15 is 0 Å². The summed E-state index contributed by atoms with van der Waals surface area (Å²) in [6.45, 7) is 0.428. The Morgan fingerprint density at radius 1 is 1.32 bits per heavy atom. The van der Waals surface area contributed by atoms with Crippen molar-refractivity contribution in [2.45, 2.75) is 11.3 Å². The van der Waals surface area contributed by atoms with E-state index in [1.54, 1.807) is 19.2 Å². The highest BCUT2D eigenvalue weighted by molar-refractivity contribution is 8.14. The van der Waals surface area contributed by atoms with Crippen molar-refractivity contribution < 1.29 is 13.2 Å². The van der Waals surface area contributed by atoms with Gasteiger partial charge in [-0.1, -0.05) is 6.07 Å². The molecule has 7 heteroatoms. The van der Waals surface area contributed by atoms with E-state index in [2.05, 4.69) is 4.98 Å². The van der Waals surface area contributed by atoms with Gasteiger partial charge in [-0.2, -0.15) is 0 Å². The van der Waals surface area contributed by atoms with Crippen LogP contribution in [0.4, 0.5) is 0 Å². The molecule has 0 aliphatic carbocycles. The van der Waals surface area contributed by atoms with E-state index < -0.39 is 9.05 Å². The molecular weight excluding hydrogens is 290 g/mol. The molecule has 0 unspecified atom stereocenters. The lowest BCUT2D eigenvalue weighted by molar-refractivity contribution is 0.201. The maximum absolute atomic E-state index is 11.9. The number of hydrogen-bond acceptors (Lipinski definition) is 4. The third-order valence-electron chi connectivity index (χ3n) is 2.74. The predicted molar refractivity (Wildman–Crippen MR) is 73.2 cm³/mol. The van der Waals surface area contributed by atoms with Gasteiger partial charge in [-0.15, -0.1) is 0 Å². The summed E-state index contributed by atoms with van der Waals surface area (Å²) in [6.07, 6.45) is 0.484. The molecular formula is C12H12ClNO4S. The standard InChI is InChI=1S/C12H12ClNO4S/c1-18-6-5-8-7-10-9(12(15)14-8)3-2-4-11(10)19(13,16)17/h2-4,7H,5-6H2,1H3,(H,14,15). The molecule has 0 bridgehead atoms. The van der Waals surface area contributed by atoms with Crippen molar-refractivity contribution in [2.24, 2.45) is 0 Å². The topological polar surface area (TPSA) is 76.2 Å². The Kier molecular flexibility index (Phi) is 3.93. The third kappa shape index (κ3) is 2.97. The second-order valence-corrected chi connectivity index (χ2v) is 6.56. The summed E-state index contributed by atoms with van der Waals surface area (Å²) in [5.41, 5.74) is 0.262. The normalized spacial score (nSPS) is 11.9. The fraction of sp³-hybridized carbons (Fsp3) is 0.250. The highest BCUT2D eigenvalue weighted by atomic mass is 35.7. The summed E-state index contributed by atoms with van der Waals surface area (Å²) in [4.78, 5) is 14.5. The third-order valence-corrected chi connectivity index (χ3v) is 4.12. The summed E-state index contributed by atoms with van der Waals surface area (Å²) in [5, 5.41) is 0.621. The zero-order valence-corrected chi connectivity index (χ0v) is 11.7. The minimum atomic E-state index is -3.90. The van der Waals surface area contributed by atoms with Crippen LogP contribution < -0.4 is 5.56 Å². The Balaban J connectivity index is 2.73. The first-order chi connectivity index (χ1) is 8.93. The lowest BCUT2D eigenvalue weighted by atomic mass is 10.1. The molecule has 1 aromatic heterocycles. The summed E-state index contributed by atoms with van der Waals surface area (Å²) < 4.78 is 28.0. The largest absolute Gasteiger partial charge is 0.384 e.